The van der Waals surface area contributed by atoms with E-state index in [9.17, 15) is 4.79 Å². The first-order valence-electron chi connectivity index (χ1n) is 6.91. The number of likely N-dealkylation sites (N-methyl/N-ethyl adjacent to an activating group) is 1. The number of amides is 1. The first-order chi connectivity index (χ1) is 9.17. The summed E-state index contributed by atoms with van der Waals surface area (Å²) in [5, 5.41) is 3.27. The van der Waals surface area contributed by atoms with Crippen molar-refractivity contribution in [2.24, 2.45) is 5.92 Å². The smallest absolute Gasteiger partial charge is 0.409 e. The van der Waals surface area contributed by atoms with Crippen LogP contribution in [0.4, 0.5) is 4.79 Å². The zero-order valence-corrected chi connectivity index (χ0v) is 12.8. The van der Waals surface area contributed by atoms with Crippen LogP contribution >= 0.6 is 12.6 Å². The van der Waals surface area contributed by atoms with E-state index in [1.807, 2.05) is 7.98 Å². The fraction of sp³-hybridized carbons (Fsp3) is 0.917. The molecule has 2 atom stereocenters. The number of hydrogen-bond donors (Lipinski definition) is 2. The summed E-state index contributed by atoms with van der Waals surface area (Å²) < 4.78 is 10.5. The highest BCUT2D eigenvalue weighted by Crippen LogP contribution is 2.19. The summed E-state index contributed by atoms with van der Waals surface area (Å²) in [5.74, 6) is 1.14. The predicted octanol–water partition coefficient (Wildman–Crippen LogP) is 0.308. The molecule has 1 rings (SSSR count). The topological polar surface area (TPSA) is 50.8 Å². The lowest BCUT2D eigenvalue weighted by molar-refractivity contribution is 0.0466. The molecular formula is C12H25BN2O3S. The van der Waals surface area contributed by atoms with Gasteiger partial charge in [0.15, 0.2) is 7.98 Å². The number of nitrogens with one attached hydrogen (secondary N) is 1. The third-order valence-corrected chi connectivity index (χ3v) is 3.59. The molecule has 7 heteroatoms. The van der Waals surface area contributed by atoms with Gasteiger partial charge in [0.2, 0.25) is 0 Å². The van der Waals surface area contributed by atoms with Gasteiger partial charge in [0.1, 0.15) is 6.61 Å². The minimum atomic E-state index is -0.283. The van der Waals surface area contributed by atoms with Crippen LogP contribution in [0.3, 0.4) is 0 Å². The summed E-state index contributed by atoms with van der Waals surface area (Å²) in [6.45, 7) is 2.73. The normalized spacial score (nSPS) is 20.8. The Morgan fingerprint density at radius 2 is 2.47 bits per heavy atom. The molecule has 1 heterocycles. The molecule has 0 spiro atoms. The zero-order chi connectivity index (χ0) is 14.1. The maximum Gasteiger partial charge on any atom is 0.409 e. The molecule has 5 nitrogen and oxygen atoms in total. The van der Waals surface area contributed by atoms with Crippen LogP contribution in [0.5, 0.6) is 0 Å². The van der Waals surface area contributed by atoms with Gasteiger partial charge in [0, 0.05) is 38.6 Å². The molecule has 0 radical (unpaired) electrons. The Balaban J connectivity index is 2.31. The summed E-state index contributed by atoms with van der Waals surface area (Å²) >= 11 is 4.02. The van der Waals surface area contributed by atoms with Gasteiger partial charge in [-0.2, -0.15) is 12.6 Å². The Morgan fingerprint density at radius 1 is 1.68 bits per heavy atom. The summed E-state index contributed by atoms with van der Waals surface area (Å²) in [6, 6.07) is 0.278. The number of carbonyl (C=O) groups is 1. The standard InChI is InChI=1S/C12H25BN2O3S/c1-15(12(16)18-5-6-19)8-11(14-13)7-10-3-2-4-17-9-10/h10-11,14,19H,2-9,13H2,1H3/t10-,11+/m1/s1. The molecule has 0 saturated carbocycles. The van der Waals surface area contributed by atoms with Gasteiger partial charge in [-0.05, 0) is 25.2 Å². The Hall–Kier alpha value is -0.395. The highest BCUT2D eigenvalue weighted by Gasteiger charge is 2.21. The molecule has 1 N–H and O–H groups in total. The molecule has 19 heavy (non-hydrogen) atoms. The van der Waals surface area contributed by atoms with Gasteiger partial charge in [-0.15, -0.1) is 0 Å². The van der Waals surface area contributed by atoms with E-state index < -0.39 is 0 Å². The van der Waals surface area contributed by atoms with E-state index in [1.165, 1.54) is 6.42 Å². The minimum absolute atomic E-state index is 0.278. The molecule has 1 saturated heterocycles. The summed E-state index contributed by atoms with van der Waals surface area (Å²) in [7, 11) is 3.70. The number of ether oxygens (including phenoxy) is 2. The van der Waals surface area contributed by atoms with Crippen molar-refractivity contribution in [1.29, 1.82) is 0 Å². The molecule has 0 bridgehead atoms. The lowest BCUT2D eigenvalue weighted by atomic mass is 9.93. The summed E-state index contributed by atoms with van der Waals surface area (Å²) in [6.07, 6.45) is 3.10. The molecule has 1 amide bonds. The highest BCUT2D eigenvalue weighted by molar-refractivity contribution is 7.80. The third-order valence-electron chi connectivity index (χ3n) is 3.40. The van der Waals surface area contributed by atoms with Gasteiger partial charge in [0.05, 0.1) is 0 Å². The third kappa shape index (κ3) is 6.54. The van der Waals surface area contributed by atoms with Crippen LogP contribution in [-0.2, 0) is 9.47 Å². The fourth-order valence-electron chi connectivity index (χ4n) is 2.33. The van der Waals surface area contributed by atoms with Gasteiger partial charge in [-0.25, -0.2) is 4.79 Å². The van der Waals surface area contributed by atoms with Gasteiger partial charge in [0.25, 0.3) is 0 Å². The second-order valence-corrected chi connectivity index (χ2v) is 5.47. The van der Waals surface area contributed by atoms with Crippen molar-refractivity contribution in [2.45, 2.75) is 25.3 Å². The molecule has 0 aromatic carbocycles. The summed E-state index contributed by atoms with van der Waals surface area (Å²) in [5.41, 5.74) is 0. The van der Waals surface area contributed by atoms with Crippen molar-refractivity contribution >= 4 is 26.7 Å². The van der Waals surface area contributed by atoms with Crippen LogP contribution in [0.2, 0.25) is 0 Å². The van der Waals surface area contributed by atoms with E-state index in [4.69, 9.17) is 9.47 Å². The number of thiol groups is 1. The predicted molar refractivity (Wildman–Crippen MR) is 81.5 cm³/mol. The van der Waals surface area contributed by atoms with Gasteiger partial charge < -0.3 is 19.6 Å². The van der Waals surface area contributed by atoms with Crippen molar-refractivity contribution in [3.8, 4) is 0 Å². The second-order valence-electron chi connectivity index (χ2n) is 5.02. The number of rotatable bonds is 7. The van der Waals surface area contributed by atoms with Crippen LogP contribution in [0.1, 0.15) is 19.3 Å². The molecule has 1 fully saturated rings. The molecule has 0 unspecified atom stereocenters. The van der Waals surface area contributed by atoms with Crippen molar-refractivity contribution in [2.75, 3.05) is 39.2 Å². The highest BCUT2D eigenvalue weighted by atomic mass is 32.1. The molecule has 0 aromatic rings. The van der Waals surface area contributed by atoms with E-state index >= 15 is 0 Å². The molecule has 1 aliphatic rings. The molecule has 0 aliphatic carbocycles. The lowest BCUT2D eigenvalue weighted by Crippen LogP contribution is -2.43. The fourth-order valence-corrected chi connectivity index (χ4v) is 2.42. The van der Waals surface area contributed by atoms with Gasteiger partial charge >= 0.3 is 6.09 Å². The van der Waals surface area contributed by atoms with Crippen LogP contribution in [0.25, 0.3) is 0 Å². The summed E-state index contributed by atoms with van der Waals surface area (Å²) in [4.78, 5) is 13.3. The van der Waals surface area contributed by atoms with Crippen LogP contribution in [0, 0.1) is 5.92 Å². The van der Waals surface area contributed by atoms with Gasteiger partial charge in [-0.1, -0.05) is 0 Å². The van der Waals surface area contributed by atoms with Gasteiger partial charge in [-0.3, -0.25) is 0 Å². The second kappa shape index (κ2) is 9.50. The zero-order valence-electron chi connectivity index (χ0n) is 11.9. The van der Waals surface area contributed by atoms with E-state index in [0.717, 1.165) is 26.1 Å². The van der Waals surface area contributed by atoms with Crippen LogP contribution < -0.4 is 5.23 Å². The lowest BCUT2D eigenvalue weighted by Gasteiger charge is -2.29. The first kappa shape index (κ1) is 16.7. The maximum atomic E-state index is 11.7. The Bertz CT molecular complexity index is 265. The SMILES string of the molecule is BN[C@@H](C[C@H]1CCCOC1)CN(C)C(=O)OCCS. The maximum absolute atomic E-state index is 11.7. The average Bonchev–Trinajstić information content (AvgIpc) is 2.44. The Kier molecular flexibility index (Phi) is 8.33. The molecule has 1 aliphatic heterocycles. The Morgan fingerprint density at radius 3 is 3.05 bits per heavy atom. The molecule has 110 valence electrons. The van der Waals surface area contributed by atoms with Crippen LogP contribution in [-0.4, -0.2) is 64.2 Å². The van der Waals surface area contributed by atoms with E-state index in [2.05, 4.69) is 17.9 Å². The van der Waals surface area contributed by atoms with E-state index in [1.54, 1.807) is 11.9 Å². The molecular weight excluding hydrogens is 263 g/mol. The average molecular weight is 288 g/mol. The van der Waals surface area contributed by atoms with E-state index in [-0.39, 0.29) is 12.1 Å². The van der Waals surface area contributed by atoms with Crippen molar-refractivity contribution in [1.82, 2.24) is 10.1 Å². The minimum Gasteiger partial charge on any atom is -0.449 e. The quantitative estimate of drug-likeness (QED) is 0.523. The van der Waals surface area contributed by atoms with Crippen molar-refractivity contribution in [3.63, 3.8) is 0 Å². The number of nitrogens with zero attached hydrogens (tertiary/aromatic N) is 1. The molecule has 0 aromatic heterocycles. The number of hydrogen-bond acceptors (Lipinski definition) is 5. The first-order valence-corrected chi connectivity index (χ1v) is 7.54. The van der Waals surface area contributed by atoms with Crippen LogP contribution in [0.15, 0.2) is 0 Å². The Labute approximate surface area is 122 Å². The number of carbonyl (C=O) groups excluding carboxylic acids is 1. The monoisotopic (exact) mass is 288 g/mol. The van der Waals surface area contributed by atoms with E-state index in [0.29, 0.717) is 24.8 Å². The largest absolute Gasteiger partial charge is 0.449 e. The van der Waals surface area contributed by atoms with Crippen molar-refractivity contribution in [3.05, 3.63) is 0 Å². The van der Waals surface area contributed by atoms with Crippen molar-refractivity contribution < 1.29 is 14.3 Å².